The van der Waals surface area contributed by atoms with Crippen molar-refractivity contribution >= 4 is 17.9 Å². The number of carbonyl (C=O) groups is 3. The lowest BCUT2D eigenvalue weighted by Crippen LogP contribution is -2.30. The van der Waals surface area contributed by atoms with Gasteiger partial charge in [0, 0.05) is 19.3 Å². The standard InChI is InChI=1S/C75H146O6/c1-4-7-10-13-16-19-22-25-28-31-33-34-35-36-37-38-39-40-42-44-47-50-53-56-59-62-65-68-74(77)80-71-72(70-79-73(76)67-64-61-58-55-52-49-46-43-30-27-24-21-18-15-12-9-6-3)81-75(78)69-66-63-60-57-54-51-48-45-41-32-29-26-23-20-17-14-11-8-5-2/h72H,4-71H2,1-3H3. The van der Waals surface area contributed by atoms with E-state index in [1.807, 2.05) is 0 Å². The van der Waals surface area contributed by atoms with E-state index in [4.69, 9.17) is 14.2 Å². The van der Waals surface area contributed by atoms with Crippen molar-refractivity contribution in [2.45, 2.75) is 451 Å². The number of unbranched alkanes of at least 4 members (excludes halogenated alkanes) is 60. The minimum atomic E-state index is -0.764. The van der Waals surface area contributed by atoms with Crippen LogP contribution < -0.4 is 0 Å². The van der Waals surface area contributed by atoms with Crippen LogP contribution in [0.1, 0.15) is 445 Å². The summed E-state index contributed by atoms with van der Waals surface area (Å²) < 4.78 is 17.1. The Morgan fingerprint density at radius 1 is 0.198 bits per heavy atom. The van der Waals surface area contributed by atoms with Gasteiger partial charge in [0.05, 0.1) is 0 Å². The van der Waals surface area contributed by atoms with Crippen molar-refractivity contribution in [3.8, 4) is 0 Å². The van der Waals surface area contributed by atoms with Crippen LogP contribution in [-0.2, 0) is 28.6 Å². The highest BCUT2D eigenvalue weighted by molar-refractivity contribution is 5.71. The summed E-state index contributed by atoms with van der Waals surface area (Å²) in [5.74, 6) is -0.815. The van der Waals surface area contributed by atoms with E-state index in [2.05, 4.69) is 20.8 Å². The molecule has 0 aliphatic heterocycles. The van der Waals surface area contributed by atoms with Gasteiger partial charge in [-0.15, -0.1) is 0 Å². The molecule has 0 aromatic heterocycles. The van der Waals surface area contributed by atoms with Crippen molar-refractivity contribution in [2.24, 2.45) is 0 Å². The second kappa shape index (κ2) is 70.9. The number of carbonyl (C=O) groups excluding carboxylic acids is 3. The molecule has 1 atom stereocenters. The van der Waals surface area contributed by atoms with Crippen LogP contribution in [0.5, 0.6) is 0 Å². The van der Waals surface area contributed by atoms with Gasteiger partial charge in [-0.2, -0.15) is 0 Å². The fourth-order valence-electron chi connectivity index (χ4n) is 12.0. The smallest absolute Gasteiger partial charge is 0.306 e. The maximum absolute atomic E-state index is 13.0. The van der Waals surface area contributed by atoms with Gasteiger partial charge in [-0.3, -0.25) is 14.4 Å². The Bertz CT molecular complexity index is 1220. The van der Waals surface area contributed by atoms with Crippen LogP contribution in [0.3, 0.4) is 0 Å². The monoisotopic (exact) mass is 1140 g/mol. The van der Waals surface area contributed by atoms with Gasteiger partial charge < -0.3 is 14.2 Å². The van der Waals surface area contributed by atoms with Gasteiger partial charge in [0.2, 0.25) is 0 Å². The van der Waals surface area contributed by atoms with E-state index < -0.39 is 6.10 Å². The first-order valence-corrected chi connectivity index (χ1v) is 37.5. The molecule has 0 aliphatic rings. The first kappa shape index (κ1) is 79.4. The van der Waals surface area contributed by atoms with Gasteiger partial charge in [-0.25, -0.2) is 0 Å². The maximum Gasteiger partial charge on any atom is 0.306 e. The van der Waals surface area contributed by atoms with E-state index in [-0.39, 0.29) is 31.1 Å². The summed E-state index contributed by atoms with van der Waals surface area (Å²) in [6.45, 7) is 6.76. The molecule has 0 heterocycles. The molecule has 81 heavy (non-hydrogen) atoms. The Labute approximate surface area is 508 Å². The topological polar surface area (TPSA) is 78.9 Å². The lowest BCUT2D eigenvalue weighted by Gasteiger charge is -2.18. The Hall–Kier alpha value is -1.59. The van der Waals surface area contributed by atoms with Crippen molar-refractivity contribution in [2.75, 3.05) is 13.2 Å². The first-order valence-electron chi connectivity index (χ1n) is 37.5. The molecule has 0 rings (SSSR count). The molecule has 0 bridgehead atoms. The average Bonchev–Trinajstić information content (AvgIpc) is 3.47. The van der Waals surface area contributed by atoms with Gasteiger partial charge in [-0.05, 0) is 19.3 Å². The molecule has 0 aromatic rings. The van der Waals surface area contributed by atoms with E-state index in [9.17, 15) is 14.4 Å². The summed E-state index contributed by atoms with van der Waals surface area (Å²) in [5.41, 5.74) is 0. The van der Waals surface area contributed by atoms with Gasteiger partial charge in [0.25, 0.3) is 0 Å². The quantitative estimate of drug-likeness (QED) is 0.0343. The molecule has 0 saturated heterocycles. The summed E-state index contributed by atoms with van der Waals surface area (Å²) in [7, 11) is 0. The molecule has 0 radical (unpaired) electrons. The van der Waals surface area contributed by atoms with Crippen molar-refractivity contribution < 1.29 is 28.6 Å². The van der Waals surface area contributed by atoms with E-state index in [0.29, 0.717) is 19.3 Å². The van der Waals surface area contributed by atoms with E-state index in [0.717, 1.165) is 57.8 Å². The molecule has 0 N–H and O–H groups in total. The summed E-state index contributed by atoms with van der Waals surface area (Å²) in [6, 6.07) is 0. The first-order chi connectivity index (χ1) is 40.0. The predicted molar refractivity (Wildman–Crippen MR) is 354 cm³/mol. The van der Waals surface area contributed by atoms with Crippen molar-refractivity contribution in [1.29, 1.82) is 0 Å². The lowest BCUT2D eigenvalue weighted by atomic mass is 10.0. The Balaban J connectivity index is 4.20. The number of rotatable bonds is 71. The predicted octanol–water partition coefficient (Wildman–Crippen LogP) is 25.8. The molecule has 6 heteroatoms. The average molecular weight is 1140 g/mol. The molecule has 0 aromatic carbocycles. The zero-order valence-electron chi connectivity index (χ0n) is 55.6. The van der Waals surface area contributed by atoms with Crippen LogP contribution in [0.15, 0.2) is 0 Å². The minimum absolute atomic E-state index is 0.0598. The van der Waals surface area contributed by atoms with Gasteiger partial charge in [0.15, 0.2) is 6.10 Å². The van der Waals surface area contributed by atoms with Crippen LogP contribution in [0.2, 0.25) is 0 Å². The number of esters is 3. The molecule has 6 nitrogen and oxygen atoms in total. The molecule has 0 saturated carbocycles. The van der Waals surface area contributed by atoms with Gasteiger partial charge >= 0.3 is 17.9 Å². The summed E-state index contributed by atoms with van der Waals surface area (Å²) in [5, 5.41) is 0. The fraction of sp³-hybridized carbons (Fsp3) is 0.960. The number of hydrogen-bond acceptors (Lipinski definition) is 6. The van der Waals surface area contributed by atoms with Gasteiger partial charge in [-0.1, -0.05) is 406 Å². The van der Waals surface area contributed by atoms with Crippen molar-refractivity contribution in [3.05, 3.63) is 0 Å². The van der Waals surface area contributed by atoms with Crippen LogP contribution in [-0.4, -0.2) is 37.2 Å². The van der Waals surface area contributed by atoms with Crippen LogP contribution in [0.25, 0.3) is 0 Å². The SMILES string of the molecule is CCCCCCCCCCCCCCCCCCCCCCCCCCCCCC(=O)OCC(COC(=O)CCCCCCCCCCCCCCCCCCC)OC(=O)CCCCCCCCCCCCCCCCCCCCC. The Morgan fingerprint density at radius 2 is 0.333 bits per heavy atom. The second-order valence-electron chi connectivity index (χ2n) is 25.9. The summed E-state index contributed by atoms with van der Waals surface area (Å²) in [6.07, 6.45) is 84.3. The highest BCUT2D eigenvalue weighted by Gasteiger charge is 2.20. The number of ether oxygens (including phenoxy) is 3. The van der Waals surface area contributed by atoms with Crippen LogP contribution in [0, 0.1) is 0 Å². The Morgan fingerprint density at radius 3 is 0.494 bits per heavy atom. The second-order valence-corrected chi connectivity index (χ2v) is 25.9. The molecule has 1 unspecified atom stereocenters. The van der Waals surface area contributed by atoms with Crippen molar-refractivity contribution in [1.82, 2.24) is 0 Å². The molecular formula is C75H146O6. The van der Waals surface area contributed by atoms with Crippen LogP contribution in [0.4, 0.5) is 0 Å². The van der Waals surface area contributed by atoms with Crippen LogP contribution >= 0.6 is 0 Å². The third-order valence-electron chi connectivity index (χ3n) is 17.6. The highest BCUT2D eigenvalue weighted by atomic mass is 16.6. The number of hydrogen-bond donors (Lipinski definition) is 0. The third kappa shape index (κ3) is 69.1. The Kier molecular flexibility index (Phi) is 69.5. The van der Waals surface area contributed by atoms with Crippen molar-refractivity contribution in [3.63, 3.8) is 0 Å². The minimum Gasteiger partial charge on any atom is -0.462 e. The normalized spacial score (nSPS) is 11.9. The highest BCUT2D eigenvalue weighted by Crippen LogP contribution is 2.20. The summed E-state index contributed by atoms with van der Waals surface area (Å²) >= 11 is 0. The lowest BCUT2D eigenvalue weighted by molar-refractivity contribution is -0.167. The fourth-order valence-corrected chi connectivity index (χ4v) is 12.0. The third-order valence-corrected chi connectivity index (χ3v) is 17.6. The van der Waals surface area contributed by atoms with E-state index in [1.54, 1.807) is 0 Å². The molecule has 0 fully saturated rings. The molecule has 482 valence electrons. The molecule has 0 spiro atoms. The summed E-state index contributed by atoms with van der Waals surface area (Å²) in [4.78, 5) is 38.5. The van der Waals surface area contributed by atoms with E-state index >= 15 is 0 Å². The maximum atomic E-state index is 13.0. The zero-order chi connectivity index (χ0) is 58.5. The zero-order valence-corrected chi connectivity index (χ0v) is 55.6. The molecule has 0 amide bonds. The largest absolute Gasteiger partial charge is 0.462 e. The van der Waals surface area contributed by atoms with E-state index in [1.165, 1.54) is 347 Å². The molecule has 0 aliphatic carbocycles. The molecular weight excluding hydrogens is 997 g/mol. The van der Waals surface area contributed by atoms with Gasteiger partial charge in [0.1, 0.15) is 13.2 Å².